The first kappa shape index (κ1) is 16.9. The van der Waals surface area contributed by atoms with Gasteiger partial charge in [-0.3, -0.25) is 9.97 Å². The van der Waals surface area contributed by atoms with Gasteiger partial charge in [0.05, 0.1) is 34.7 Å². The maximum Gasteiger partial charge on any atom is 0.151 e. The van der Waals surface area contributed by atoms with Gasteiger partial charge in [0.1, 0.15) is 16.6 Å². The first-order chi connectivity index (χ1) is 13.8. The van der Waals surface area contributed by atoms with Crippen molar-refractivity contribution < 1.29 is 0 Å². The highest BCUT2D eigenvalue weighted by atomic mass is 32.1. The third-order valence-electron chi connectivity index (χ3n) is 4.91. The van der Waals surface area contributed by atoms with Gasteiger partial charge in [0.15, 0.2) is 5.01 Å². The molecule has 5 rings (SSSR count). The number of hydrogen-bond acceptors (Lipinski definition) is 9. The molecule has 1 aliphatic carbocycles. The van der Waals surface area contributed by atoms with E-state index in [2.05, 4.69) is 35.5 Å². The first-order valence-electron chi connectivity index (χ1n) is 9.19. The van der Waals surface area contributed by atoms with Crippen LogP contribution in [0.2, 0.25) is 0 Å². The van der Waals surface area contributed by atoms with Crippen LogP contribution in [0.1, 0.15) is 36.6 Å². The van der Waals surface area contributed by atoms with E-state index in [1.54, 1.807) is 36.1 Å². The smallest absolute Gasteiger partial charge is 0.151 e. The summed E-state index contributed by atoms with van der Waals surface area (Å²) >= 11 is 1.61. The molecule has 0 amide bonds. The van der Waals surface area contributed by atoms with Crippen LogP contribution in [-0.4, -0.2) is 30.1 Å². The largest absolute Gasteiger partial charge is 0.383 e. The summed E-state index contributed by atoms with van der Waals surface area (Å²) in [6.45, 7) is 0. The number of nitrogen functional groups attached to an aromatic ring is 1. The van der Waals surface area contributed by atoms with Crippen LogP contribution in [0.15, 0.2) is 36.9 Å². The van der Waals surface area contributed by atoms with Crippen molar-refractivity contribution in [2.45, 2.75) is 31.6 Å². The van der Waals surface area contributed by atoms with E-state index in [-0.39, 0.29) is 0 Å². The van der Waals surface area contributed by atoms with Crippen molar-refractivity contribution in [2.75, 3.05) is 11.1 Å². The average molecular weight is 390 g/mol. The van der Waals surface area contributed by atoms with Crippen LogP contribution in [0.5, 0.6) is 0 Å². The third-order valence-corrected chi connectivity index (χ3v) is 6.03. The molecule has 0 aliphatic heterocycles. The van der Waals surface area contributed by atoms with Crippen molar-refractivity contribution in [3.05, 3.63) is 41.9 Å². The van der Waals surface area contributed by atoms with Gasteiger partial charge in [0.25, 0.3) is 0 Å². The fourth-order valence-corrected chi connectivity index (χ4v) is 4.53. The molecule has 1 aliphatic rings. The summed E-state index contributed by atoms with van der Waals surface area (Å²) in [4.78, 5) is 17.3. The van der Waals surface area contributed by atoms with Crippen molar-refractivity contribution >= 4 is 39.7 Å². The highest BCUT2D eigenvalue weighted by molar-refractivity contribution is 7.14. The van der Waals surface area contributed by atoms with Crippen LogP contribution >= 0.6 is 11.3 Å². The van der Waals surface area contributed by atoms with E-state index in [4.69, 9.17) is 5.73 Å². The predicted octanol–water partition coefficient (Wildman–Crippen LogP) is 3.92. The molecule has 0 unspecified atom stereocenters. The second-order valence-corrected chi connectivity index (χ2v) is 7.84. The van der Waals surface area contributed by atoms with Crippen LogP contribution < -0.4 is 11.1 Å². The number of nitrogens with one attached hydrogen (secondary N) is 1. The molecular weight excluding hydrogens is 372 g/mol. The fourth-order valence-electron chi connectivity index (χ4n) is 3.50. The minimum Gasteiger partial charge on any atom is -0.383 e. The van der Waals surface area contributed by atoms with Gasteiger partial charge in [0, 0.05) is 18.3 Å². The summed E-state index contributed by atoms with van der Waals surface area (Å²) in [5.74, 6) is 1.61. The van der Waals surface area contributed by atoms with E-state index in [1.807, 2.05) is 12.1 Å². The Morgan fingerprint density at radius 2 is 1.89 bits per heavy atom. The molecule has 0 radical (unpaired) electrons. The second kappa shape index (κ2) is 7.08. The number of nitrogens with two attached hydrogens (primary N) is 1. The maximum atomic E-state index is 6.24. The van der Waals surface area contributed by atoms with Crippen molar-refractivity contribution in [3.63, 3.8) is 0 Å². The Morgan fingerprint density at radius 3 is 2.71 bits per heavy atom. The Hall–Kier alpha value is -3.20. The molecule has 1 fully saturated rings. The lowest BCUT2D eigenvalue weighted by molar-refractivity contribution is 0.705. The van der Waals surface area contributed by atoms with Crippen molar-refractivity contribution in [1.82, 2.24) is 30.1 Å². The Kier molecular flexibility index (Phi) is 4.28. The van der Waals surface area contributed by atoms with Gasteiger partial charge in [-0.05, 0) is 25.0 Å². The lowest BCUT2D eigenvalue weighted by atomic mass is 10.1. The molecule has 0 spiro atoms. The lowest BCUT2D eigenvalue weighted by Gasteiger charge is -2.07. The number of nitrogens with zero attached hydrogens (tertiary/aromatic N) is 6. The Morgan fingerprint density at radius 1 is 1.00 bits per heavy atom. The summed E-state index contributed by atoms with van der Waals surface area (Å²) in [5.41, 5.74) is 9.26. The van der Waals surface area contributed by atoms with Crippen LogP contribution in [0.25, 0.3) is 21.6 Å². The quantitative estimate of drug-likeness (QED) is 0.539. The van der Waals surface area contributed by atoms with E-state index in [0.717, 1.165) is 26.8 Å². The summed E-state index contributed by atoms with van der Waals surface area (Å²) in [6, 6.07) is 3.82. The summed E-state index contributed by atoms with van der Waals surface area (Å²) in [5, 5.41) is 13.8. The zero-order chi connectivity index (χ0) is 18.9. The van der Waals surface area contributed by atoms with Gasteiger partial charge < -0.3 is 11.1 Å². The van der Waals surface area contributed by atoms with Crippen molar-refractivity contribution in [3.8, 4) is 10.6 Å². The molecule has 0 bridgehead atoms. The molecule has 8 nitrogen and oxygen atoms in total. The van der Waals surface area contributed by atoms with Crippen molar-refractivity contribution in [2.24, 2.45) is 0 Å². The Balaban J connectivity index is 1.46. The molecule has 0 aromatic carbocycles. The number of aromatic nitrogens is 6. The fraction of sp³-hybridized carbons (Fsp3) is 0.263. The topological polar surface area (TPSA) is 115 Å². The standard InChI is InChI=1S/C19H18N8S/c20-17-13(19-27-26-18(28-19)11-3-1-2-4-11)8-14-15(25-17)7-12(9-23-14)24-16-10-21-5-6-22-16/h5-11H,1-4H2,(H2,20,25)(H,22,24). The number of hydrogen-bond donors (Lipinski definition) is 2. The molecule has 1 saturated carbocycles. The molecule has 28 heavy (non-hydrogen) atoms. The molecule has 4 heterocycles. The highest BCUT2D eigenvalue weighted by Crippen LogP contribution is 2.38. The summed E-state index contributed by atoms with van der Waals surface area (Å²) < 4.78 is 0. The molecule has 4 aromatic rings. The lowest BCUT2D eigenvalue weighted by Crippen LogP contribution is -1.98. The van der Waals surface area contributed by atoms with Gasteiger partial charge in [-0.2, -0.15) is 0 Å². The third kappa shape index (κ3) is 3.24. The van der Waals surface area contributed by atoms with Gasteiger partial charge in [-0.1, -0.05) is 24.2 Å². The molecule has 9 heteroatoms. The zero-order valence-electron chi connectivity index (χ0n) is 15.0. The van der Waals surface area contributed by atoms with Crippen LogP contribution in [0, 0.1) is 0 Å². The van der Waals surface area contributed by atoms with E-state index in [9.17, 15) is 0 Å². The molecular formula is C19H18N8S. The van der Waals surface area contributed by atoms with E-state index in [1.165, 1.54) is 25.7 Å². The van der Waals surface area contributed by atoms with E-state index >= 15 is 0 Å². The highest BCUT2D eigenvalue weighted by Gasteiger charge is 2.22. The Labute approximate surface area is 165 Å². The zero-order valence-corrected chi connectivity index (χ0v) is 15.9. The van der Waals surface area contributed by atoms with Crippen molar-refractivity contribution in [1.29, 1.82) is 0 Å². The number of fused-ring (bicyclic) bond motifs is 1. The van der Waals surface area contributed by atoms with Crippen LogP contribution in [0.4, 0.5) is 17.3 Å². The molecule has 3 N–H and O–H groups in total. The second-order valence-electron chi connectivity index (χ2n) is 6.83. The summed E-state index contributed by atoms with van der Waals surface area (Å²) in [6.07, 6.45) is 11.6. The number of rotatable bonds is 4. The SMILES string of the molecule is Nc1nc2cc(Nc3cnccn3)cnc2cc1-c1nnc(C2CCCC2)s1. The van der Waals surface area contributed by atoms with Gasteiger partial charge in [0.2, 0.25) is 0 Å². The molecule has 4 aromatic heterocycles. The van der Waals surface area contributed by atoms with Gasteiger partial charge >= 0.3 is 0 Å². The minimum absolute atomic E-state index is 0.431. The predicted molar refractivity (Wildman–Crippen MR) is 109 cm³/mol. The van der Waals surface area contributed by atoms with Gasteiger partial charge in [-0.25, -0.2) is 9.97 Å². The molecule has 140 valence electrons. The molecule has 0 saturated heterocycles. The molecule has 0 atom stereocenters. The van der Waals surface area contributed by atoms with Crippen LogP contribution in [-0.2, 0) is 0 Å². The number of anilines is 3. The minimum atomic E-state index is 0.431. The Bertz CT molecular complexity index is 1120. The normalized spacial score (nSPS) is 14.6. The van der Waals surface area contributed by atoms with Crippen LogP contribution in [0.3, 0.4) is 0 Å². The van der Waals surface area contributed by atoms with E-state index in [0.29, 0.717) is 23.1 Å². The average Bonchev–Trinajstić information content (AvgIpc) is 3.40. The van der Waals surface area contributed by atoms with E-state index < -0.39 is 0 Å². The number of pyridine rings is 2. The summed E-state index contributed by atoms with van der Waals surface area (Å²) in [7, 11) is 0. The monoisotopic (exact) mass is 390 g/mol. The maximum absolute atomic E-state index is 6.24. The van der Waals surface area contributed by atoms with Gasteiger partial charge in [-0.15, -0.1) is 10.2 Å². The first-order valence-corrected chi connectivity index (χ1v) is 10.0.